The molecule has 1 saturated heterocycles. The van der Waals surface area contributed by atoms with E-state index in [9.17, 15) is 0 Å². The second kappa shape index (κ2) is 5.62. The zero-order valence-electron chi connectivity index (χ0n) is 10.6. The monoisotopic (exact) mass is 239 g/mol. The minimum absolute atomic E-state index is 0.121. The molecule has 1 aliphatic heterocycles. The molecule has 1 atom stereocenters. The molecule has 0 bridgehead atoms. The van der Waals surface area contributed by atoms with Gasteiger partial charge in [0.25, 0.3) is 0 Å². The van der Waals surface area contributed by atoms with Gasteiger partial charge in [0.05, 0.1) is 6.61 Å². The summed E-state index contributed by atoms with van der Waals surface area (Å²) in [5.74, 6) is 1.05. The Balaban J connectivity index is 1.71. The first-order chi connectivity index (χ1) is 8.26. The standard InChI is InChI=1S/C12H21N3O2/c1-11-14-5-7-15(11)6-4-13-9-12(16-2)3-8-17-10-12/h5,7,13H,3-4,6,8-10H2,1-2H3. The summed E-state index contributed by atoms with van der Waals surface area (Å²) in [7, 11) is 1.76. The van der Waals surface area contributed by atoms with Crippen molar-refractivity contribution in [1.29, 1.82) is 0 Å². The fraction of sp³-hybridized carbons (Fsp3) is 0.750. The predicted octanol–water partition coefficient (Wildman–Crippen LogP) is 0.587. The maximum atomic E-state index is 5.55. The molecule has 1 unspecified atom stereocenters. The van der Waals surface area contributed by atoms with Crippen molar-refractivity contribution in [3.63, 3.8) is 0 Å². The van der Waals surface area contributed by atoms with E-state index >= 15 is 0 Å². The Bertz CT molecular complexity index is 345. The van der Waals surface area contributed by atoms with Crippen LogP contribution in [0.1, 0.15) is 12.2 Å². The molecule has 5 heteroatoms. The van der Waals surface area contributed by atoms with E-state index in [1.54, 1.807) is 7.11 Å². The van der Waals surface area contributed by atoms with E-state index in [0.29, 0.717) is 6.61 Å². The zero-order valence-corrected chi connectivity index (χ0v) is 10.6. The minimum Gasteiger partial charge on any atom is -0.378 e. The van der Waals surface area contributed by atoms with Gasteiger partial charge in [0.1, 0.15) is 11.4 Å². The van der Waals surface area contributed by atoms with Gasteiger partial charge >= 0.3 is 0 Å². The SMILES string of the molecule is COC1(CNCCn2ccnc2C)CCOC1. The highest BCUT2D eigenvalue weighted by atomic mass is 16.5. The third kappa shape index (κ3) is 3.06. The third-order valence-corrected chi connectivity index (χ3v) is 3.40. The second-order valence-corrected chi connectivity index (χ2v) is 4.53. The maximum Gasteiger partial charge on any atom is 0.106 e. The Hall–Kier alpha value is -0.910. The molecular weight excluding hydrogens is 218 g/mol. The average molecular weight is 239 g/mol. The fourth-order valence-electron chi connectivity index (χ4n) is 2.12. The van der Waals surface area contributed by atoms with Gasteiger partial charge in [-0.05, 0) is 6.92 Å². The summed E-state index contributed by atoms with van der Waals surface area (Å²) < 4.78 is 13.1. The number of ether oxygens (including phenoxy) is 2. The average Bonchev–Trinajstić information content (AvgIpc) is 2.95. The van der Waals surface area contributed by atoms with Gasteiger partial charge in [-0.2, -0.15) is 0 Å². The summed E-state index contributed by atoms with van der Waals surface area (Å²) in [4.78, 5) is 4.19. The molecule has 0 amide bonds. The van der Waals surface area contributed by atoms with Crippen LogP contribution in [0.2, 0.25) is 0 Å². The molecule has 0 spiro atoms. The van der Waals surface area contributed by atoms with Crippen LogP contribution in [-0.4, -0.2) is 48.6 Å². The van der Waals surface area contributed by atoms with Crippen molar-refractivity contribution in [2.45, 2.75) is 25.5 Å². The Morgan fingerprint density at radius 2 is 2.53 bits per heavy atom. The first-order valence-electron chi connectivity index (χ1n) is 6.07. The third-order valence-electron chi connectivity index (χ3n) is 3.40. The molecule has 1 aromatic rings. The summed E-state index contributed by atoms with van der Waals surface area (Å²) in [5.41, 5.74) is -0.121. The van der Waals surface area contributed by atoms with Crippen molar-refractivity contribution in [3.05, 3.63) is 18.2 Å². The predicted molar refractivity (Wildman–Crippen MR) is 65.0 cm³/mol. The van der Waals surface area contributed by atoms with Crippen molar-refractivity contribution in [2.24, 2.45) is 0 Å². The zero-order chi connectivity index (χ0) is 12.1. The molecular formula is C12H21N3O2. The quantitative estimate of drug-likeness (QED) is 0.738. The lowest BCUT2D eigenvalue weighted by atomic mass is 10.0. The molecule has 96 valence electrons. The van der Waals surface area contributed by atoms with E-state index in [0.717, 1.165) is 38.5 Å². The maximum absolute atomic E-state index is 5.55. The van der Waals surface area contributed by atoms with Gasteiger partial charge in [-0.25, -0.2) is 4.98 Å². The van der Waals surface area contributed by atoms with Crippen LogP contribution >= 0.6 is 0 Å². The van der Waals surface area contributed by atoms with Crippen LogP contribution < -0.4 is 5.32 Å². The second-order valence-electron chi connectivity index (χ2n) is 4.53. The molecule has 0 aliphatic carbocycles. The van der Waals surface area contributed by atoms with Crippen molar-refractivity contribution in [1.82, 2.24) is 14.9 Å². The number of nitrogens with zero attached hydrogens (tertiary/aromatic N) is 2. The molecule has 2 heterocycles. The Kier molecular flexibility index (Phi) is 4.15. The van der Waals surface area contributed by atoms with Gasteiger partial charge in [-0.15, -0.1) is 0 Å². The van der Waals surface area contributed by atoms with Crippen molar-refractivity contribution in [3.8, 4) is 0 Å². The van der Waals surface area contributed by atoms with E-state index in [1.165, 1.54) is 0 Å². The molecule has 5 nitrogen and oxygen atoms in total. The van der Waals surface area contributed by atoms with Gasteiger partial charge < -0.3 is 19.4 Å². The highest BCUT2D eigenvalue weighted by Gasteiger charge is 2.34. The van der Waals surface area contributed by atoms with Gasteiger partial charge in [0.15, 0.2) is 0 Å². The van der Waals surface area contributed by atoms with Crippen LogP contribution in [0.15, 0.2) is 12.4 Å². The summed E-state index contributed by atoms with van der Waals surface area (Å²) in [6.45, 7) is 6.21. The van der Waals surface area contributed by atoms with Crippen molar-refractivity contribution < 1.29 is 9.47 Å². The molecule has 0 aromatic carbocycles. The first-order valence-corrected chi connectivity index (χ1v) is 6.07. The summed E-state index contributed by atoms with van der Waals surface area (Å²) in [5, 5.41) is 3.43. The van der Waals surface area contributed by atoms with Gasteiger partial charge in [0.2, 0.25) is 0 Å². The van der Waals surface area contributed by atoms with Crippen LogP contribution in [0.5, 0.6) is 0 Å². The number of aryl methyl sites for hydroxylation is 1. The van der Waals surface area contributed by atoms with Crippen LogP contribution in [0.3, 0.4) is 0 Å². The number of hydrogen-bond donors (Lipinski definition) is 1. The molecule has 17 heavy (non-hydrogen) atoms. The Morgan fingerprint density at radius 1 is 1.65 bits per heavy atom. The van der Waals surface area contributed by atoms with E-state index in [2.05, 4.69) is 14.9 Å². The fourth-order valence-corrected chi connectivity index (χ4v) is 2.12. The normalized spacial score (nSPS) is 24.4. The Morgan fingerprint density at radius 3 is 3.12 bits per heavy atom. The van der Waals surface area contributed by atoms with Crippen LogP contribution in [0, 0.1) is 6.92 Å². The number of rotatable bonds is 6. The first kappa shape index (κ1) is 12.5. The minimum atomic E-state index is -0.121. The lowest BCUT2D eigenvalue weighted by Gasteiger charge is -2.26. The molecule has 1 fully saturated rings. The van der Waals surface area contributed by atoms with E-state index in [1.807, 2.05) is 19.3 Å². The van der Waals surface area contributed by atoms with E-state index in [4.69, 9.17) is 9.47 Å². The summed E-state index contributed by atoms with van der Waals surface area (Å²) in [6.07, 6.45) is 4.80. The largest absolute Gasteiger partial charge is 0.378 e. The lowest BCUT2D eigenvalue weighted by Crippen LogP contribution is -2.43. The highest BCUT2D eigenvalue weighted by molar-refractivity contribution is 4.89. The highest BCUT2D eigenvalue weighted by Crippen LogP contribution is 2.21. The molecule has 2 rings (SSSR count). The smallest absolute Gasteiger partial charge is 0.106 e. The number of hydrogen-bond acceptors (Lipinski definition) is 4. The van der Waals surface area contributed by atoms with Crippen molar-refractivity contribution in [2.75, 3.05) is 33.4 Å². The summed E-state index contributed by atoms with van der Waals surface area (Å²) in [6, 6.07) is 0. The molecule has 1 aromatic heterocycles. The van der Waals surface area contributed by atoms with Gasteiger partial charge in [0, 0.05) is 52.2 Å². The van der Waals surface area contributed by atoms with Crippen molar-refractivity contribution >= 4 is 0 Å². The summed E-state index contributed by atoms with van der Waals surface area (Å²) >= 11 is 0. The topological polar surface area (TPSA) is 48.3 Å². The number of methoxy groups -OCH3 is 1. The van der Waals surface area contributed by atoms with Gasteiger partial charge in [-0.1, -0.05) is 0 Å². The van der Waals surface area contributed by atoms with Crippen LogP contribution in [-0.2, 0) is 16.0 Å². The molecule has 1 N–H and O–H groups in total. The van der Waals surface area contributed by atoms with E-state index < -0.39 is 0 Å². The molecule has 0 saturated carbocycles. The molecule has 0 radical (unpaired) electrons. The van der Waals surface area contributed by atoms with Crippen LogP contribution in [0.4, 0.5) is 0 Å². The van der Waals surface area contributed by atoms with E-state index in [-0.39, 0.29) is 5.60 Å². The number of aromatic nitrogens is 2. The Labute approximate surface area is 102 Å². The van der Waals surface area contributed by atoms with Crippen LogP contribution in [0.25, 0.3) is 0 Å². The number of nitrogens with one attached hydrogen (secondary N) is 1. The lowest BCUT2D eigenvalue weighted by molar-refractivity contribution is -0.0156. The van der Waals surface area contributed by atoms with Gasteiger partial charge in [-0.3, -0.25) is 0 Å². The number of imidazole rings is 1. The molecule has 1 aliphatic rings.